The fourth-order valence-corrected chi connectivity index (χ4v) is 2.12. The summed E-state index contributed by atoms with van der Waals surface area (Å²) in [6, 6.07) is 7.03. The minimum atomic E-state index is -0.668. The van der Waals surface area contributed by atoms with Gasteiger partial charge in [-0.1, -0.05) is 0 Å². The Morgan fingerprint density at radius 2 is 2.26 bits per heavy atom. The number of methoxy groups -OCH3 is 1. The van der Waals surface area contributed by atoms with Crippen molar-refractivity contribution in [2.45, 2.75) is 6.23 Å². The lowest BCUT2D eigenvalue weighted by Gasteiger charge is -2.10. The van der Waals surface area contributed by atoms with Crippen molar-refractivity contribution in [1.82, 2.24) is 4.57 Å². The first-order valence-electron chi connectivity index (χ1n) is 5.71. The summed E-state index contributed by atoms with van der Waals surface area (Å²) in [6.45, 7) is 0.182. The van der Waals surface area contributed by atoms with E-state index in [4.69, 9.17) is 9.47 Å². The summed E-state index contributed by atoms with van der Waals surface area (Å²) in [5.41, 5.74) is 1.34. The average molecular weight is 261 g/mol. The Bertz CT molecular complexity index is 660. The largest absolute Gasteiger partial charge is 0.510 e. The number of ether oxygens (including phenoxy) is 3. The molecule has 0 aliphatic carbocycles. The molecule has 0 amide bonds. The van der Waals surface area contributed by atoms with Gasteiger partial charge in [-0.2, -0.15) is 0 Å². The van der Waals surface area contributed by atoms with Crippen LogP contribution < -0.4 is 0 Å². The van der Waals surface area contributed by atoms with Crippen LogP contribution in [0.1, 0.15) is 16.6 Å². The van der Waals surface area contributed by atoms with Crippen molar-refractivity contribution < 1.29 is 23.8 Å². The van der Waals surface area contributed by atoms with E-state index in [2.05, 4.69) is 4.74 Å². The van der Waals surface area contributed by atoms with Gasteiger partial charge in [-0.3, -0.25) is 0 Å². The van der Waals surface area contributed by atoms with Crippen molar-refractivity contribution in [2.24, 2.45) is 0 Å². The first kappa shape index (κ1) is 11.6. The van der Waals surface area contributed by atoms with Gasteiger partial charge in [-0.25, -0.2) is 9.59 Å². The normalized spacial score (nSPS) is 18.2. The van der Waals surface area contributed by atoms with Crippen LogP contribution >= 0.6 is 0 Å². The predicted octanol–water partition coefficient (Wildman–Crippen LogP) is 2.09. The third-order valence-corrected chi connectivity index (χ3v) is 3.03. The average Bonchev–Trinajstić information content (AvgIpc) is 3.02. The van der Waals surface area contributed by atoms with Gasteiger partial charge in [0.15, 0.2) is 6.61 Å². The number of hydrogen-bond acceptors (Lipinski definition) is 5. The molecule has 3 rings (SSSR count). The van der Waals surface area contributed by atoms with Crippen LogP contribution in [0.15, 0.2) is 30.5 Å². The summed E-state index contributed by atoms with van der Waals surface area (Å²) >= 11 is 0. The molecule has 0 spiro atoms. The number of fused-ring (bicyclic) bond motifs is 1. The zero-order valence-electron chi connectivity index (χ0n) is 10.2. The minimum Gasteiger partial charge on any atom is -0.465 e. The summed E-state index contributed by atoms with van der Waals surface area (Å²) < 4.78 is 16.2. The van der Waals surface area contributed by atoms with Crippen molar-refractivity contribution in [3.8, 4) is 0 Å². The van der Waals surface area contributed by atoms with Gasteiger partial charge in [0.2, 0.25) is 6.23 Å². The molecule has 1 aliphatic rings. The highest BCUT2D eigenvalue weighted by Gasteiger charge is 2.27. The van der Waals surface area contributed by atoms with Gasteiger partial charge in [0.1, 0.15) is 0 Å². The molecule has 2 aromatic rings. The molecule has 1 saturated heterocycles. The predicted molar refractivity (Wildman–Crippen MR) is 64.7 cm³/mol. The molecule has 98 valence electrons. The Kier molecular flexibility index (Phi) is 2.63. The standard InChI is InChI=1S/C13H11NO5/c1-17-12(15)9-2-3-10-8(6-9)4-5-14(10)11-7-18-13(16)19-11/h2-6,11H,7H2,1H3. The van der Waals surface area contributed by atoms with E-state index in [0.717, 1.165) is 10.9 Å². The van der Waals surface area contributed by atoms with Gasteiger partial charge < -0.3 is 18.8 Å². The monoisotopic (exact) mass is 261 g/mol. The van der Waals surface area contributed by atoms with Gasteiger partial charge in [-0.05, 0) is 24.3 Å². The molecule has 1 aliphatic heterocycles. The van der Waals surface area contributed by atoms with Crippen molar-refractivity contribution in [3.63, 3.8) is 0 Å². The van der Waals surface area contributed by atoms with Crippen LogP contribution in [0, 0.1) is 0 Å². The second-order valence-electron chi connectivity index (χ2n) is 4.12. The quantitative estimate of drug-likeness (QED) is 0.774. The van der Waals surface area contributed by atoms with Crippen molar-refractivity contribution >= 4 is 23.0 Å². The number of aromatic nitrogens is 1. The van der Waals surface area contributed by atoms with E-state index in [-0.39, 0.29) is 12.6 Å². The molecule has 1 aromatic heterocycles. The first-order valence-corrected chi connectivity index (χ1v) is 5.71. The number of nitrogens with zero attached hydrogens (tertiary/aromatic N) is 1. The zero-order valence-corrected chi connectivity index (χ0v) is 10.2. The number of carbonyl (C=O) groups excluding carboxylic acids is 2. The molecule has 0 N–H and O–H groups in total. The SMILES string of the molecule is COC(=O)c1ccc2c(ccn2C2COC(=O)O2)c1. The van der Waals surface area contributed by atoms with Gasteiger partial charge in [0, 0.05) is 11.6 Å². The maximum Gasteiger partial charge on any atom is 0.510 e. The molecule has 1 fully saturated rings. The fourth-order valence-electron chi connectivity index (χ4n) is 2.12. The Hall–Kier alpha value is -2.50. The van der Waals surface area contributed by atoms with E-state index in [0.29, 0.717) is 5.56 Å². The molecule has 19 heavy (non-hydrogen) atoms. The Balaban J connectivity index is 2.00. The molecule has 6 nitrogen and oxygen atoms in total. The first-order chi connectivity index (χ1) is 9.19. The van der Waals surface area contributed by atoms with E-state index >= 15 is 0 Å². The summed E-state index contributed by atoms with van der Waals surface area (Å²) in [7, 11) is 1.34. The van der Waals surface area contributed by atoms with Crippen LogP contribution in [0.3, 0.4) is 0 Å². The zero-order chi connectivity index (χ0) is 13.4. The lowest BCUT2D eigenvalue weighted by Crippen LogP contribution is -2.09. The Morgan fingerprint density at radius 1 is 1.42 bits per heavy atom. The lowest BCUT2D eigenvalue weighted by atomic mass is 10.1. The highest BCUT2D eigenvalue weighted by atomic mass is 16.8. The molecular formula is C13H11NO5. The highest BCUT2D eigenvalue weighted by Crippen LogP contribution is 2.25. The van der Waals surface area contributed by atoms with Gasteiger partial charge in [-0.15, -0.1) is 0 Å². The van der Waals surface area contributed by atoms with Crippen LogP contribution in [0.2, 0.25) is 0 Å². The van der Waals surface area contributed by atoms with Crippen LogP contribution in [0.5, 0.6) is 0 Å². The molecular weight excluding hydrogens is 250 g/mol. The number of carbonyl (C=O) groups is 2. The molecule has 0 radical (unpaired) electrons. The third kappa shape index (κ3) is 1.91. The van der Waals surface area contributed by atoms with Crippen molar-refractivity contribution in [1.29, 1.82) is 0 Å². The molecule has 2 heterocycles. The smallest absolute Gasteiger partial charge is 0.465 e. The van der Waals surface area contributed by atoms with Crippen molar-refractivity contribution in [2.75, 3.05) is 13.7 Å². The van der Waals surface area contributed by atoms with Crippen LogP contribution in [-0.2, 0) is 14.2 Å². The number of benzene rings is 1. The molecule has 1 unspecified atom stereocenters. The van der Waals surface area contributed by atoms with Gasteiger partial charge in [0.05, 0.1) is 18.2 Å². The van der Waals surface area contributed by atoms with Gasteiger partial charge >= 0.3 is 12.1 Å². The van der Waals surface area contributed by atoms with Crippen LogP contribution in [-0.4, -0.2) is 30.4 Å². The van der Waals surface area contributed by atoms with E-state index in [1.54, 1.807) is 29.0 Å². The summed E-state index contributed by atoms with van der Waals surface area (Å²) in [5.74, 6) is -0.384. The lowest BCUT2D eigenvalue weighted by molar-refractivity contribution is 0.0601. The molecule has 1 atom stereocenters. The third-order valence-electron chi connectivity index (χ3n) is 3.03. The molecule has 1 aromatic carbocycles. The summed E-state index contributed by atoms with van der Waals surface area (Å²) in [6.07, 6.45) is 0.658. The topological polar surface area (TPSA) is 66.8 Å². The summed E-state index contributed by atoms with van der Waals surface area (Å²) in [4.78, 5) is 22.4. The number of cyclic esters (lactones) is 2. The maximum atomic E-state index is 11.4. The fraction of sp³-hybridized carbons (Fsp3) is 0.231. The Morgan fingerprint density at radius 3 is 2.95 bits per heavy atom. The number of hydrogen-bond donors (Lipinski definition) is 0. The summed E-state index contributed by atoms with van der Waals surface area (Å²) in [5, 5.41) is 0.867. The Labute approximate surface area is 108 Å². The highest BCUT2D eigenvalue weighted by molar-refractivity contribution is 5.94. The molecule has 0 saturated carbocycles. The van der Waals surface area contributed by atoms with Crippen molar-refractivity contribution in [3.05, 3.63) is 36.0 Å². The van der Waals surface area contributed by atoms with E-state index in [9.17, 15) is 9.59 Å². The van der Waals surface area contributed by atoms with E-state index < -0.39 is 12.4 Å². The second kappa shape index (κ2) is 4.31. The van der Waals surface area contributed by atoms with E-state index in [1.807, 2.05) is 6.07 Å². The second-order valence-corrected chi connectivity index (χ2v) is 4.12. The molecule has 0 bridgehead atoms. The van der Waals surface area contributed by atoms with E-state index in [1.165, 1.54) is 7.11 Å². The number of esters is 1. The minimum absolute atomic E-state index is 0.182. The molecule has 6 heteroatoms. The van der Waals surface area contributed by atoms with Gasteiger partial charge in [0.25, 0.3) is 0 Å². The number of rotatable bonds is 2. The van der Waals surface area contributed by atoms with Crippen LogP contribution in [0.4, 0.5) is 4.79 Å². The maximum absolute atomic E-state index is 11.4. The van der Waals surface area contributed by atoms with Crippen LogP contribution in [0.25, 0.3) is 10.9 Å².